The second kappa shape index (κ2) is 12.3. The summed E-state index contributed by atoms with van der Waals surface area (Å²) in [6, 6.07) is 17.2. The first-order valence-electron chi connectivity index (χ1n) is 9.14. The van der Waals surface area contributed by atoms with Gasteiger partial charge in [-0.05, 0) is 43.2 Å². The van der Waals surface area contributed by atoms with E-state index in [1.165, 1.54) is 5.56 Å². The van der Waals surface area contributed by atoms with E-state index in [1.54, 1.807) is 24.3 Å². The van der Waals surface area contributed by atoms with Crippen molar-refractivity contribution in [1.29, 1.82) is 0 Å². The van der Waals surface area contributed by atoms with Crippen molar-refractivity contribution in [2.24, 2.45) is 0 Å². The number of ether oxygens (including phenoxy) is 1. The van der Waals surface area contributed by atoms with Crippen LogP contribution >= 0.6 is 11.6 Å². The van der Waals surface area contributed by atoms with Gasteiger partial charge >= 0.3 is 5.97 Å². The highest BCUT2D eigenvalue weighted by molar-refractivity contribution is 6.30. The van der Waals surface area contributed by atoms with Crippen molar-refractivity contribution in [3.05, 3.63) is 65.2 Å². The lowest BCUT2D eigenvalue weighted by molar-refractivity contribution is -0.207. The molecule has 0 aliphatic heterocycles. The molecule has 146 valence electrons. The molecule has 0 N–H and O–H groups in total. The van der Waals surface area contributed by atoms with Gasteiger partial charge in [0.1, 0.15) is 0 Å². The smallest absolute Gasteiger partial charge is 0.307 e. The minimum Gasteiger partial charge on any atom is -0.466 e. The molecule has 0 unspecified atom stereocenters. The lowest BCUT2D eigenvalue weighted by Crippen LogP contribution is -2.28. The Labute approximate surface area is 165 Å². The van der Waals surface area contributed by atoms with Crippen molar-refractivity contribution in [2.75, 3.05) is 26.3 Å². The van der Waals surface area contributed by atoms with Crippen LogP contribution in [0.4, 0.5) is 0 Å². The van der Waals surface area contributed by atoms with Crippen LogP contribution < -0.4 is 4.89 Å². The molecule has 0 radical (unpaired) electrons. The Hall–Kier alpha value is -2.08. The average molecular weight is 392 g/mol. The number of hydrogen-bond acceptors (Lipinski definition) is 5. The minimum atomic E-state index is -0.169. The van der Waals surface area contributed by atoms with Gasteiger partial charge in [0.25, 0.3) is 0 Å². The summed E-state index contributed by atoms with van der Waals surface area (Å²) in [6.07, 6.45) is 1.16. The summed E-state index contributed by atoms with van der Waals surface area (Å²) in [7, 11) is 0. The zero-order chi connectivity index (χ0) is 19.3. The van der Waals surface area contributed by atoms with Gasteiger partial charge in [0, 0.05) is 24.7 Å². The molecule has 0 aromatic heterocycles. The van der Waals surface area contributed by atoms with Crippen molar-refractivity contribution in [2.45, 2.75) is 26.3 Å². The predicted molar refractivity (Wildman–Crippen MR) is 106 cm³/mol. The molecule has 5 nitrogen and oxygen atoms in total. The van der Waals surface area contributed by atoms with E-state index in [2.05, 4.69) is 17.0 Å². The Morgan fingerprint density at radius 2 is 1.78 bits per heavy atom. The molecular formula is C21H26ClNO4. The fourth-order valence-electron chi connectivity index (χ4n) is 2.54. The quantitative estimate of drug-likeness (QED) is 0.231. The summed E-state index contributed by atoms with van der Waals surface area (Å²) >= 11 is 5.83. The van der Waals surface area contributed by atoms with Crippen LogP contribution in [0.2, 0.25) is 5.02 Å². The van der Waals surface area contributed by atoms with Crippen LogP contribution in [0.3, 0.4) is 0 Å². The first-order valence-corrected chi connectivity index (χ1v) is 9.52. The van der Waals surface area contributed by atoms with Crippen molar-refractivity contribution in [1.82, 2.24) is 4.90 Å². The summed E-state index contributed by atoms with van der Waals surface area (Å²) in [4.78, 5) is 24.4. The molecule has 0 aliphatic rings. The molecule has 0 aliphatic carbocycles. The van der Waals surface area contributed by atoms with Crippen molar-refractivity contribution >= 4 is 17.6 Å². The molecule has 27 heavy (non-hydrogen) atoms. The summed E-state index contributed by atoms with van der Waals surface area (Å²) in [6.45, 7) is 4.89. The third-order valence-corrected chi connectivity index (χ3v) is 4.11. The standard InChI is InChI=1S/C21H26ClNO4/c1-2-25-21(24)13-15-23(17-18-7-4-3-5-8-18)14-6-16-26-27-20-11-9-19(22)10-12-20/h3-5,7-12H,2,6,13-17H2,1H3. The average Bonchev–Trinajstić information content (AvgIpc) is 2.68. The van der Waals surface area contributed by atoms with E-state index in [0.29, 0.717) is 37.0 Å². The summed E-state index contributed by atoms with van der Waals surface area (Å²) in [5.41, 5.74) is 1.21. The monoisotopic (exact) mass is 391 g/mol. The molecule has 0 fully saturated rings. The Morgan fingerprint density at radius 1 is 1.04 bits per heavy atom. The molecule has 0 bridgehead atoms. The molecule has 0 spiro atoms. The van der Waals surface area contributed by atoms with Crippen LogP contribution in [-0.4, -0.2) is 37.2 Å². The van der Waals surface area contributed by atoms with Gasteiger partial charge in [-0.25, -0.2) is 0 Å². The van der Waals surface area contributed by atoms with Crippen LogP contribution in [0.5, 0.6) is 5.75 Å². The molecule has 0 atom stereocenters. The third kappa shape index (κ3) is 8.91. The van der Waals surface area contributed by atoms with E-state index in [0.717, 1.165) is 19.5 Å². The zero-order valence-electron chi connectivity index (χ0n) is 15.6. The maximum absolute atomic E-state index is 11.7. The Balaban J connectivity index is 1.74. The zero-order valence-corrected chi connectivity index (χ0v) is 16.4. The number of rotatable bonds is 12. The normalized spacial score (nSPS) is 10.8. The maximum Gasteiger partial charge on any atom is 0.307 e. The summed E-state index contributed by atoms with van der Waals surface area (Å²) in [5, 5.41) is 0.653. The van der Waals surface area contributed by atoms with Gasteiger partial charge < -0.3 is 9.62 Å². The first kappa shape index (κ1) is 21.2. The van der Waals surface area contributed by atoms with Crippen LogP contribution in [0.25, 0.3) is 0 Å². The second-order valence-electron chi connectivity index (χ2n) is 6.03. The molecule has 2 aromatic carbocycles. The Bertz CT molecular complexity index is 664. The molecule has 0 heterocycles. The fraction of sp³-hybridized carbons (Fsp3) is 0.381. The van der Waals surface area contributed by atoms with E-state index in [9.17, 15) is 4.79 Å². The van der Waals surface area contributed by atoms with E-state index >= 15 is 0 Å². The van der Waals surface area contributed by atoms with Crippen molar-refractivity contribution in [3.63, 3.8) is 0 Å². The predicted octanol–water partition coefficient (Wildman–Crippen LogP) is 4.50. The number of hydrogen-bond donors (Lipinski definition) is 0. The van der Waals surface area contributed by atoms with Crippen LogP contribution in [0, 0.1) is 0 Å². The van der Waals surface area contributed by atoms with Crippen molar-refractivity contribution in [3.8, 4) is 5.75 Å². The largest absolute Gasteiger partial charge is 0.466 e. The second-order valence-corrected chi connectivity index (χ2v) is 6.47. The molecule has 2 aromatic rings. The van der Waals surface area contributed by atoms with E-state index < -0.39 is 0 Å². The SMILES string of the molecule is CCOC(=O)CCN(CCCOOc1ccc(Cl)cc1)Cc1ccccc1. The summed E-state index contributed by atoms with van der Waals surface area (Å²) in [5.74, 6) is 0.445. The number of esters is 1. The molecule has 0 saturated heterocycles. The van der Waals surface area contributed by atoms with Gasteiger partial charge in [0.2, 0.25) is 0 Å². The highest BCUT2D eigenvalue weighted by Gasteiger charge is 2.10. The Morgan fingerprint density at radius 3 is 2.48 bits per heavy atom. The molecule has 0 saturated carbocycles. The van der Waals surface area contributed by atoms with Gasteiger partial charge in [-0.2, -0.15) is 4.89 Å². The molecule has 6 heteroatoms. The first-order chi connectivity index (χ1) is 13.2. The van der Waals surface area contributed by atoms with Crippen LogP contribution in [-0.2, 0) is 21.0 Å². The number of halogens is 1. The molecule has 0 amide bonds. The highest BCUT2D eigenvalue weighted by Crippen LogP contribution is 2.15. The van der Waals surface area contributed by atoms with Crippen molar-refractivity contribution < 1.29 is 19.3 Å². The van der Waals surface area contributed by atoms with E-state index in [1.807, 2.05) is 25.1 Å². The third-order valence-electron chi connectivity index (χ3n) is 3.86. The molecular weight excluding hydrogens is 366 g/mol. The van der Waals surface area contributed by atoms with E-state index in [-0.39, 0.29) is 5.97 Å². The summed E-state index contributed by atoms with van der Waals surface area (Å²) < 4.78 is 5.02. The van der Waals surface area contributed by atoms with Gasteiger partial charge in [-0.1, -0.05) is 41.9 Å². The van der Waals surface area contributed by atoms with Gasteiger partial charge in [-0.3, -0.25) is 9.69 Å². The fourth-order valence-corrected chi connectivity index (χ4v) is 2.67. The number of carbonyl (C=O) groups is 1. The maximum atomic E-state index is 11.7. The number of nitrogens with zero attached hydrogens (tertiary/aromatic N) is 1. The van der Waals surface area contributed by atoms with Gasteiger partial charge in [-0.15, -0.1) is 0 Å². The van der Waals surface area contributed by atoms with Gasteiger partial charge in [0.15, 0.2) is 5.75 Å². The topological polar surface area (TPSA) is 48.0 Å². The molecule has 2 rings (SSSR count). The van der Waals surface area contributed by atoms with E-state index in [4.69, 9.17) is 26.1 Å². The number of benzene rings is 2. The van der Waals surface area contributed by atoms with Crippen LogP contribution in [0.15, 0.2) is 54.6 Å². The highest BCUT2D eigenvalue weighted by atomic mass is 35.5. The lowest BCUT2D eigenvalue weighted by atomic mass is 10.2. The Kier molecular flexibility index (Phi) is 9.69. The van der Waals surface area contributed by atoms with Crippen LogP contribution in [0.1, 0.15) is 25.3 Å². The minimum absolute atomic E-state index is 0.169. The van der Waals surface area contributed by atoms with Gasteiger partial charge in [0.05, 0.1) is 19.6 Å². The number of carbonyl (C=O) groups excluding carboxylic acids is 1. The lowest BCUT2D eigenvalue weighted by Gasteiger charge is -2.22.